The molecule has 2 fully saturated rings. The second-order valence-electron chi connectivity index (χ2n) is 4.38. The van der Waals surface area contributed by atoms with E-state index in [1.165, 1.54) is 6.42 Å². The summed E-state index contributed by atoms with van der Waals surface area (Å²) >= 11 is 0. The fourth-order valence-corrected chi connectivity index (χ4v) is 2.21. The zero-order valence-corrected chi connectivity index (χ0v) is 9.13. The lowest BCUT2D eigenvalue weighted by Crippen LogP contribution is -2.44. The van der Waals surface area contributed by atoms with E-state index in [4.69, 9.17) is 4.74 Å². The highest BCUT2D eigenvalue weighted by atomic mass is 16.5. The quantitative estimate of drug-likeness (QED) is 0.713. The molecule has 4 heteroatoms. The Balaban J connectivity index is 1.65. The second kappa shape index (κ2) is 5.47. The molecule has 0 unspecified atom stereocenters. The minimum Gasteiger partial charge on any atom is -0.376 e. The SMILES string of the molecule is O=C(NC[C@@H]1CCCCO1)[C@H]1CCCN1. The summed E-state index contributed by atoms with van der Waals surface area (Å²) in [4.78, 5) is 11.7. The Morgan fingerprint density at radius 3 is 2.93 bits per heavy atom. The topological polar surface area (TPSA) is 50.4 Å². The second-order valence-corrected chi connectivity index (χ2v) is 4.38. The summed E-state index contributed by atoms with van der Waals surface area (Å²) in [6.45, 7) is 2.50. The minimum absolute atomic E-state index is 0.0357. The average Bonchev–Trinajstić information content (AvgIpc) is 2.81. The fourth-order valence-electron chi connectivity index (χ4n) is 2.21. The molecule has 0 radical (unpaired) electrons. The van der Waals surface area contributed by atoms with Crippen molar-refractivity contribution < 1.29 is 9.53 Å². The van der Waals surface area contributed by atoms with E-state index >= 15 is 0 Å². The highest BCUT2D eigenvalue weighted by molar-refractivity contribution is 5.81. The molecule has 4 nitrogen and oxygen atoms in total. The Labute approximate surface area is 90.8 Å². The van der Waals surface area contributed by atoms with E-state index in [1.807, 2.05) is 0 Å². The van der Waals surface area contributed by atoms with E-state index in [9.17, 15) is 4.79 Å². The van der Waals surface area contributed by atoms with Gasteiger partial charge in [0.2, 0.25) is 5.91 Å². The predicted molar refractivity (Wildman–Crippen MR) is 57.6 cm³/mol. The standard InChI is InChI=1S/C11H20N2O2/c14-11(10-5-3-6-12-10)13-8-9-4-1-2-7-15-9/h9-10,12H,1-8H2,(H,13,14)/t9-,10+/m0/s1. The van der Waals surface area contributed by atoms with Crippen LogP contribution in [0.1, 0.15) is 32.1 Å². The van der Waals surface area contributed by atoms with Crippen LogP contribution in [0.3, 0.4) is 0 Å². The molecule has 0 bridgehead atoms. The van der Waals surface area contributed by atoms with Crippen LogP contribution >= 0.6 is 0 Å². The molecule has 0 saturated carbocycles. The first kappa shape index (κ1) is 10.9. The maximum Gasteiger partial charge on any atom is 0.237 e. The van der Waals surface area contributed by atoms with E-state index in [0.717, 1.165) is 38.8 Å². The van der Waals surface area contributed by atoms with E-state index in [2.05, 4.69) is 10.6 Å². The molecule has 0 aliphatic carbocycles. The fraction of sp³-hybridized carbons (Fsp3) is 0.909. The Morgan fingerprint density at radius 1 is 1.33 bits per heavy atom. The first-order valence-corrected chi connectivity index (χ1v) is 5.99. The van der Waals surface area contributed by atoms with Crippen molar-refractivity contribution in [3.8, 4) is 0 Å². The Bertz CT molecular complexity index is 209. The normalized spacial score (nSPS) is 31.5. The number of carbonyl (C=O) groups excluding carboxylic acids is 1. The molecular weight excluding hydrogens is 192 g/mol. The van der Waals surface area contributed by atoms with Gasteiger partial charge in [0.15, 0.2) is 0 Å². The van der Waals surface area contributed by atoms with Gasteiger partial charge in [0, 0.05) is 13.2 Å². The van der Waals surface area contributed by atoms with E-state index in [-0.39, 0.29) is 18.1 Å². The van der Waals surface area contributed by atoms with Gasteiger partial charge in [-0.15, -0.1) is 0 Å². The molecular formula is C11H20N2O2. The number of amides is 1. The number of carbonyl (C=O) groups is 1. The molecule has 2 N–H and O–H groups in total. The van der Waals surface area contributed by atoms with Crippen molar-refractivity contribution in [2.45, 2.75) is 44.2 Å². The van der Waals surface area contributed by atoms with Crippen LogP contribution in [0.2, 0.25) is 0 Å². The first-order chi connectivity index (χ1) is 7.36. The van der Waals surface area contributed by atoms with Crippen LogP contribution in [0.15, 0.2) is 0 Å². The molecule has 2 heterocycles. The van der Waals surface area contributed by atoms with Crippen molar-refractivity contribution in [2.24, 2.45) is 0 Å². The number of hydrogen-bond donors (Lipinski definition) is 2. The summed E-state index contributed by atoms with van der Waals surface area (Å²) in [7, 11) is 0. The Hall–Kier alpha value is -0.610. The monoisotopic (exact) mass is 212 g/mol. The summed E-state index contributed by atoms with van der Waals surface area (Å²) in [6, 6.07) is 0.0357. The van der Waals surface area contributed by atoms with Crippen LogP contribution in [0, 0.1) is 0 Å². The third-order valence-electron chi connectivity index (χ3n) is 3.15. The zero-order chi connectivity index (χ0) is 10.5. The lowest BCUT2D eigenvalue weighted by atomic mass is 10.1. The highest BCUT2D eigenvalue weighted by Gasteiger charge is 2.23. The summed E-state index contributed by atoms with van der Waals surface area (Å²) in [5.41, 5.74) is 0. The summed E-state index contributed by atoms with van der Waals surface area (Å²) in [5, 5.41) is 6.16. The van der Waals surface area contributed by atoms with Gasteiger partial charge in [0.1, 0.15) is 0 Å². The third kappa shape index (κ3) is 3.18. The lowest BCUT2D eigenvalue weighted by molar-refractivity contribution is -0.123. The maximum atomic E-state index is 11.7. The molecule has 1 amide bonds. The van der Waals surface area contributed by atoms with Gasteiger partial charge in [-0.3, -0.25) is 4.79 Å². The Kier molecular flexibility index (Phi) is 3.97. The molecule has 2 saturated heterocycles. The van der Waals surface area contributed by atoms with Crippen molar-refractivity contribution in [1.29, 1.82) is 0 Å². The summed E-state index contributed by atoms with van der Waals surface area (Å²) in [6.07, 6.45) is 5.79. The van der Waals surface area contributed by atoms with Crippen molar-refractivity contribution in [1.82, 2.24) is 10.6 Å². The summed E-state index contributed by atoms with van der Waals surface area (Å²) < 4.78 is 5.56. The zero-order valence-electron chi connectivity index (χ0n) is 9.13. The number of hydrogen-bond acceptors (Lipinski definition) is 3. The minimum atomic E-state index is 0.0357. The van der Waals surface area contributed by atoms with Gasteiger partial charge in [-0.2, -0.15) is 0 Å². The largest absolute Gasteiger partial charge is 0.376 e. The van der Waals surface area contributed by atoms with Gasteiger partial charge in [-0.25, -0.2) is 0 Å². The first-order valence-electron chi connectivity index (χ1n) is 5.99. The van der Waals surface area contributed by atoms with Crippen LogP contribution < -0.4 is 10.6 Å². The van der Waals surface area contributed by atoms with E-state index < -0.39 is 0 Å². The van der Waals surface area contributed by atoms with Gasteiger partial charge in [-0.05, 0) is 38.6 Å². The Morgan fingerprint density at radius 2 is 2.27 bits per heavy atom. The summed E-state index contributed by atoms with van der Waals surface area (Å²) in [5.74, 6) is 0.140. The molecule has 2 rings (SSSR count). The van der Waals surface area contributed by atoms with E-state index in [1.54, 1.807) is 0 Å². The molecule has 2 aliphatic rings. The highest BCUT2D eigenvalue weighted by Crippen LogP contribution is 2.12. The smallest absolute Gasteiger partial charge is 0.237 e. The van der Waals surface area contributed by atoms with Gasteiger partial charge in [0.25, 0.3) is 0 Å². The predicted octanol–water partition coefficient (Wildman–Crippen LogP) is 0.424. The van der Waals surface area contributed by atoms with Gasteiger partial charge in [0.05, 0.1) is 12.1 Å². The van der Waals surface area contributed by atoms with Gasteiger partial charge >= 0.3 is 0 Å². The van der Waals surface area contributed by atoms with Crippen LogP contribution in [-0.4, -0.2) is 37.7 Å². The third-order valence-corrected chi connectivity index (χ3v) is 3.15. The van der Waals surface area contributed by atoms with Gasteiger partial charge in [-0.1, -0.05) is 0 Å². The molecule has 2 aliphatic heterocycles. The van der Waals surface area contributed by atoms with Crippen LogP contribution in [0.5, 0.6) is 0 Å². The van der Waals surface area contributed by atoms with E-state index in [0.29, 0.717) is 6.54 Å². The molecule has 0 aromatic heterocycles. The number of nitrogens with one attached hydrogen (secondary N) is 2. The molecule has 15 heavy (non-hydrogen) atoms. The van der Waals surface area contributed by atoms with Crippen LogP contribution in [-0.2, 0) is 9.53 Å². The van der Waals surface area contributed by atoms with Crippen molar-refractivity contribution >= 4 is 5.91 Å². The van der Waals surface area contributed by atoms with Crippen molar-refractivity contribution in [2.75, 3.05) is 19.7 Å². The number of rotatable bonds is 3. The molecule has 0 spiro atoms. The lowest BCUT2D eigenvalue weighted by Gasteiger charge is -2.23. The molecule has 0 aromatic carbocycles. The molecule has 0 aromatic rings. The average molecular weight is 212 g/mol. The molecule has 2 atom stereocenters. The van der Waals surface area contributed by atoms with Crippen molar-refractivity contribution in [3.05, 3.63) is 0 Å². The number of ether oxygens (including phenoxy) is 1. The maximum absolute atomic E-state index is 11.7. The van der Waals surface area contributed by atoms with Gasteiger partial charge < -0.3 is 15.4 Å². The molecule has 86 valence electrons. The van der Waals surface area contributed by atoms with Crippen LogP contribution in [0.4, 0.5) is 0 Å². The van der Waals surface area contributed by atoms with Crippen molar-refractivity contribution in [3.63, 3.8) is 0 Å². The van der Waals surface area contributed by atoms with Crippen LogP contribution in [0.25, 0.3) is 0 Å².